The Morgan fingerprint density at radius 3 is 2.87 bits per heavy atom. The first-order chi connectivity index (χ1) is 11.0. The van der Waals surface area contributed by atoms with E-state index in [9.17, 15) is 23.5 Å². The molecule has 2 aliphatic rings. The molecule has 6 nitrogen and oxygen atoms in total. The number of aliphatic hydroxyl groups is 1. The lowest BCUT2D eigenvalue weighted by Gasteiger charge is -2.25. The lowest BCUT2D eigenvalue weighted by molar-refractivity contribution is -0.129. The van der Waals surface area contributed by atoms with Crippen molar-refractivity contribution in [1.82, 2.24) is 15.1 Å². The molecule has 0 saturated carbocycles. The zero-order valence-electron chi connectivity index (χ0n) is 12.3. The third-order valence-corrected chi connectivity index (χ3v) is 4.19. The molecule has 8 heteroatoms. The Hall–Kier alpha value is -2.06. The van der Waals surface area contributed by atoms with Gasteiger partial charge in [0.25, 0.3) is 0 Å². The minimum Gasteiger partial charge on any atom is -0.392 e. The zero-order valence-corrected chi connectivity index (χ0v) is 12.3. The van der Waals surface area contributed by atoms with Crippen molar-refractivity contribution in [3.63, 3.8) is 0 Å². The highest BCUT2D eigenvalue weighted by Gasteiger charge is 2.37. The molecule has 2 aliphatic heterocycles. The molecule has 1 aromatic rings. The van der Waals surface area contributed by atoms with E-state index in [0.29, 0.717) is 6.54 Å². The van der Waals surface area contributed by atoms with E-state index in [1.807, 2.05) is 0 Å². The van der Waals surface area contributed by atoms with Gasteiger partial charge in [0.2, 0.25) is 5.91 Å². The molecule has 3 amide bonds. The molecule has 1 aromatic carbocycles. The summed E-state index contributed by atoms with van der Waals surface area (Å²) in [5.74, 6) is -1.58. The molecule has 2 heterocycles. The molecule has 2 N–H and O–H groups in total. The summed E-state index contributed by atoms with van der Waals surface area (Å²) >= 11 is 0. The molecule has 124 valence electrons. The largest absolute Gasteiger partial charge is 0.392 e. The topological polar surface area (TPSA) is 72.9 Å². The summed E-state index contributed by atoms with van der Waals surface area (Å²) in [5, 5.41) is 12.4. The number of imide groups is 1. The van der Waals surface area contributed by atoms with Crippen LogP contribution >= 0.6 is 0 Å². The number of benzene rings is 1. The fourth-order valence-corrected chi connectivity index (χ4v) is 3.12. The van der Waals surface area contributed by atoms with E-state index in [0.717, 1.165) is 23.1 Å². The summed E-state index contributed by atoms with van der Waals surface area (Å²) in [6.45, 7) is 0.717. The van der Waals surface area contributed by atoms with Crippen LogP contribution < -0.4 is 5.32 Å². The number of halogens is 2. The van der Waals surface area contributed by atoms with Crippen molar-refractivity contribution in [2.24, 2.45) is 0 Å². The average molecular weight is 325 g/mol. The van der Waals surface area contributed by atoms with Crippen LogP contribution in [0, 0.1) is 11.6 Å². The van der Waals surface area contributed by atoms with Gasteiger partial charge in [0.1, 0.15) is 11.6 Å². The maximum atomic E-state index is 14.0. The van der Waals surface area contributed by atoms with Crippen LogP contribution in [0.15, 0.2) is 18.2 Å². The molecule has 2 unspecified atom stereocenters. The maximum absolute atomic E-state index is 14.0. The number of amides is 3. The second-order valence-corrected chi connectivity index (χ2v) is 5.78. The lowest BCUT2D eigenvalue weighted by atomic mass is 10.0. The van der Waals surface area contributed by atoms with Gasteiger partial charge in [0, 0.05) is 31.2 Å². The van der Waals surface area contributed by atoms with Crippen LogP contribution in [0.25, 0.3) is 0 Å². The Bertz CT molecular complexity index is 640. The Morgan fingerprint density at radius 2 is 2.17 bits per heavy atom. The van der Waals surface area contributed by atoms with Gasteiger partial charge in [0.05, 0.1) is 12.6 Å². The monoisotopic (exact) mass is 325 g/mol. The first kappa shape index (κ1) is 15.8. The van der Waals surface area contributed by atoms with Crippen molar-refractivity contribution in [2.75, 3.05) is 26.2 Å². The van der Waals surface area contributed by atoms with Gasteiger partial charge in [-0.05, 0) is 24.6 Å². The van der Waals surface area contributed by atoms with Gasteiger partial charge < -0.3 is 10.4 Å². The van der Waals surface area contributed by atoms with Crippen LogP contribution in [-0.2, 0) is 4.79 Å². The maximum Gasteiger partial charge on any atom is 0.324 e. The molecule has 0 radical (unpaired) electrons. The van der Waals surface area contributed by atoms with Crippen molar-refractivity contribution in [2.45, 2.75) is 18.6 Å². The number of nitrogens with one attached hydrogen (secondary N) is 1. The number of rotatable bonds is 3. The van der Waals surface area contributed by atoms with Crippen LogP contribution in [-0.4, -0.2) is 59.1 Å². The van der Waals surface area contributed by atoms with Gasteiger partial charge >= 0.3 is 6.03 Å². The Morgan fingerprint density at radius 1 is 1.39 bits per heavy atom. The van der Waals surface area contributed by atoms with E-state index >= 15 is 0 Å². The Kier molecular flexibility index (Phi) is 4.27. The first-order valence-corrected chi connectivity index (χ1v) is 7.41. The van der Waals surface area contributed by atoms with Crippen molar-refractivity contribution in [3.05, 3.63) is 35.4 Å². The molecule has 0 bridgehead atoms. The molecule has 0 aliphatic carbocycles. The molecular formula is C15H17F2N3O3. The van der Waals surface area contributed by atoms with Gasteiger partial charge in [0.15, 0.2) is 0 Å². The number of carbonyl (C=O) groups excluding carboxylic acids is 2. The number of β-amino-alcohol motifs (C(OH)–C–C–N with tert-alkyl or cyclic N) is 1. The number of urea groups is 1. The number of nitrogens with zero attached hydrogens (tertiary/aromatic N) is 2. The smallest absolute Gasteiger partial charge is 0.324 e. The van der Waals surface area contributed by atoms with Crippen molar-refractivity contribution in [3.8, 4) is 0 Å². The minimum absolute atomic E-state index is 0.111. The molecule has 0 spiro atoms. The zero-order chi connectivity index (χ0) is 16.6. The summed E-state index contributed by atoms with van der Waals surface area (Å²) < 4.78 is 27.4. The summed E-state index contributed by atoms with van der Waals surface area (Å²) in [6, 6.07) is 2.08. The number of aliphatic hydroxyl groups excluding tert-OH is 1. The molecule has 23 heavy (non-hydrogen) atoms. The quantitative estimate of drug-likeness (QED) is 0.855. The highest BCUT2D eigenvalue weighted by molar-refractivity contribution is 5.96. The molecular weight excluding hydrogens is 308 g/mol. The third kappa shape index (κ3) is 3.18. The van der Waals surface area contributed by atoms with Gasteiger partial charge in [-0.25, -0.2) is 13.6 Å². The summed E-state index contributed by atoms with van der Waals surface area (Å²) in [6.07, 6.45) is -0.525. The standard InChI is InChI=1S/C15H17F2N3O3/c16-9-1-2-12(17)11(5-9)13-6-10(21)7-19(13)8-14(22)20-4-3-18-15(20)23/h1-2,5,10,13,21H,3-4,6-8H2,(H,18,23). The van der Waals surface area contributed by atoms with Gasteiger partial charge in [-0.3, -0.25) is 14.6 Å². The van der Waals surface area contributed by atoms with E-state index in [1.54, 1.807) is 4.90 Å². The molecule has 0 aromatic heterocycles. The van der Waals surface area contributed by atoms with E-state index < -0.39 is 35.7 Å². The predicted octanol–water partition coefficient (Wildman–Crippen LogP) is 0.624. The van der Waals surface area contributed by atoms with Crippen LogP contribution in [0.2, 0.25) is 0 Å². The second kappa shape index (κ2) is 6.21. The highest BCUT2D eigenvalue weighted by atomic mass is 19.1. The molecule has 2 saturated heterocycles. The van der Waals surface area contributed by atoms with E-state index in [2.05, 4.69) is 5.32 Å². The summed E-state index contributed by atoms with van der Waals surface area (Å²) in [5.41, 5.74) is 0.111. The average Bonchev–Trinajstić information content (AvgIpc) is 3.07. The SMILES string of the molecule is O=C(CN1CC(O)CC1c1cc(F)ccc1F)N1CCNC1=O. The fraction of sp³-hybridized carbons (Fsp3) is 0.467. The summed E-state index contributed by atoms with van der Waals surface area (Å²) in [7, 11) is 0. The van der Waals surface area contributed by atoms with Crippen molar-refractivity contribution >= 4 is 11.9 Å². The van der Waals surface area contributed by atoms with Crippen LogP contribution in [0.4, 0.5) is 13.6 Å². The minimum atomic E-state index is -0.733. The normalized spacial score (nSPS) is 25.0. The van der Waals surface area contributed by atoms with E-state index in [4.69, 9.17) is 0 Å². The van der Waals surface area contributed by atoms with Crippen LogP contribution in [0.5, 0.6) is 0 Å². The van der Waals surface area contributed by atoms with Crippen LogP contribution in [0.3, 0.4) is 0 Å². The summed E-state index contributed by atoms with van der Waals surface area (Å²) in [4.78, 5) is 26.4. The van der Waals surface area contributed by atoms with Crippen molar-refractivity contribution < 1.29 is 23.5 Å². The number of likely N-dealkylation sites (tertiary alicyclic amines) is 1. The molecule has 2 atom stereocenters. The van der Waals surface area contributed by atoms with Crippen LogP contribution in [0.1, 0.15) is 18.0 Å². The van der Waals surface area contributed by atoms with E-state index in [1.165, 1.54) is 0 Å². The first-order valence-electron chi connectivity index (χ1n) is 7.41. The lowest BCUT2D eigenvalue weighted by Crippen LogP contribution is -2.42. The molecule has 3 rings (SSSR count). The van der Waals surface area contributed by atoms with E-state index in [-0.39, 0.29) is 31.6 Å². The highest BCUT2D eigenvalue weighted by Crippen LogP contribution is 2.33. The van der Waals surface area contributed by atoms with Crippen molar-refractivity contribution in [1.29, 1.82) is 0 Å². The molecule has 2 fully saturated rings. The fourth-order valence-electron chi connectivity index (χ4n) is 3.12. The number of carbonyl (C=O) groups is 2. The van der Waals surface area contributed by atoms with Gasteiger partial charge in [-0.2, -0.15) is 0 Å². The second-order valence-electron chi connectivity index (χ2n) is 5.78. The predicted molar refractivity (Wildman–Crippen MR) is 76.4 cm³/mol. The Balaban J connectivity index is 1.78. The van der Waals surface area contributed by atoms with Gasteiger partial charge in [-0.1, -0.05) is 0 Å². The number of hydrogen-bond acceptors (Lipinski definition) is 4. The van der Waals surface area contributed by atoms with Gasteiger partial charge in [-0.15, -0.1) is 0 Å². The third-order valence-electron chi connectivity index (χ3n) is 4.19. The number of hydrogen-bond donors (Lipinski definition) is 2. The Labute approximate surface area is 131 Å².